The van der Waals surface area contributed by atoms with Crippen LogP contribution >= 0.6 is 0 Å². The molecule has 1 saturated carbocycles. The lowest BCUT2D eigenvalue weighted by atomic mass is 10.1. The van der Waals surface area contributed by atoms with E-state index in [1.54, 1.807) is 10.9 Å². The number of carbonyl (C=O) groups is 1. The largest absolute Gasteiger partial charge is 0.468 e. The van der Waals surface area contributed by atoms with Crippen LogP contribution in [-0.4, -0.2) is 76.6 Å². The molecule has 0 spiro atoms. The molecule has 0 amide bonds. The van der Waals surface area contributed by atoms with Gasteiger partial charge in [0.25, 0.3) is 0 Å². The second kappa shape index (κ2) is 8.44. The first-order chi connectivity index (χ1) is 14.4. The Labute approximate surface area is 176 Å². The number of hydrogen-bond acceptors (Lipinski definition) is 7. The molecule has 1 saturated heterocycles. The van der Waals surface area contributed by atoms with Crippen LogP contribution in [0.4, 0.5) is 0 Å². The van der Waals surface area contributed by atoms with Crippen LogP contribution in [0.5, 0.6) is 0 Å². The summed E-state index contributed by atoms with van der Waals surface area (Å²) >= 11 is 0. The normalized spacial score (nSPS) is 22.5. The number of ether oxygens (including phenoxy) is 1. The van der Waals surface area contributed by atoms with E-state index in [4.69, 9.17) is 4.74 Å². The number of rotatable bonds is 6. The lowest BCUT2D eigenvalue weighted by molar-refractivity contribution is -0.145. The van der Waals surface area contributed by atoms with Crippen molar-refractivity contribution >= 4 is 16.0 Å². The molecule has 0 N–H and O–H groups in total. The first-order valence-corrected chi connectivity index (χ1v) is 11.7. The average molecular weight is 434 g/mol. The van der Waals surface area contributed by atoms with Crippen molar-refractivity contribution in [2.75, 3.05) is 26.0 Å². The molecule has 4 rings (SSSR count). The lowest BCUT2D eigenvalue weighted by Crippen LogP contribution is -2.48. The number of aromatic nitrogens is 3. The van der Waals surface area contributed by atoms with Crippen LogP contribution in [0.2, 0.25) is 0 Å². The van der Waals surface area contributed by atoms with E-state index in [1.807, 2.05) is 31.2 Å². The van der Waals surface area contributed by atoms with Gasteiger partial charge >= 0.3 is 5.97 Å². The van der Waals surface area contributed by atoms with Crippen LogP contribution in [0, 0.1) is 6.92 Å². The fourth-order valence-corrected chi connectivity index (χ4v) is 5.35. The van der Waals surface area contributed by atoms with Crippen molar-refractivity contribution in [3.63, 3.8) is 0 Å². The van der Waals surface area contributed by atoms with Gasteiger partial charge in [0, 0.05) is 19.1 Å². The van der Waals surface area contributed by atoms with Crippen molar-refractivity contribution in [1.29, 1.82) is 0 Å². The molecule has 2 heterocycles. The Morgan fingerprint density at radius 3 is 2.60 bits per heavy atom. The molecule has 10 heteroatoms. The van der Waals surface area contributed by atoms with E-state index < -0.39 is 22.0 Å². The third kappa shape index (κ3) is 4.71. The summed E-state index contributed by atoms with van der Waals surface area (Å²) in [4.78, 5) is 14.6. The molecule has 162 valence electrons. The van der Waals surface area contributed by atoms with E-state index in [0.29, 0.717) is 31.4 Å². The zero-order valence-corrected chi connectivity index (χ0v) is 18.1. The van der Waals surface area contributed by atoms with E-state index in [2.05, 4.69) is 15.2 Å². The maximum atomic E-state index is 13.0. The van der Waals surface area contributed by atoms with E-state index >= 15 is 0 Å². The molecule has 1 atom stereocenters. The molecule has 0 radical (unpaired) electrons. The highest BCUT2D eigenvalue weighted by Gasteiger charge is 2.43. The minimum absolute atomic E-state index is 0.00545. The fraction of sp³-hybridized carbons (Fsp3) is 0.550. The Morgan fingerprint density at radius 2 is 1.93 bits per heavy atom. The second-order valence-electron chi connectivity index (χ2n) is 8.02. The molecule has 1 aromatic carbocycles. The highest BCUT2D eigenvalue weighted by Crippen LogP contribution is 2.30. The smallest absolute Gasteiger partial charge is 0.325 e. The predicted octanol–water partition coefficient (Wildman–Crippen LogP) is 0.786. The van der Waals surface area contributed by atoms with Crippen LogP contribution < -0.4 is 0 Å². The molecule has 9 nitrogen and oxygen atoms in total. The number of nitrogens with zero attached hydrogens (tertiary/aromatic N) is 5. The number of esters is 1. The lowest BCUT2D eigenvalue weighted by Gasteiger charge is -2.27. The molecule has 1 unspecified atom stereocenters. The van der Waals surface area contributed by atoms with Gasteiger partial charge in [-0.1, -0.05) is 35.0 Å². The Balaban J connectivity index is 1.53. The van der Waals surface area contributed by atoms with Gasteiger partial charge in [-0.25, -0.2) is 13.1 Å². The van der Waals surface area contributed by atoms with Gasteiger partial charge in [-0.15, -0.1) is 5.10 Å². The standard InChI is InChI=1S/C20H27N5O4S/c1-15-3-5-16(6-4-15)11-24-12-17(21-22-24)13-25-19(20(26)29-2)14-23(18-7-8-18)9-10-30(25,27)28/h3-6,12,18-19H,7-11,13-14H2,1-2H3. The maximum absolute atomic E-state index is 13.0. The number of benzene rings is 1. The van der Waals surface area contributed by atoms with Crippen molar-refractivity contribution < 1.29 is 17.9 Å². The number of aryl methyl sites for hydroxylation is 1. The first-order valence-electron chi connectivity index (χ1n) is 10.1. The predicted molar refractivity (Wildman–Crippen MR) is 110 cm³/mol. The third-order valence-corrected chi connectivity index (χ3v) is 7.45. The van der Waals surface area contributed by atoms with E-state index in [0.717, 1.165) is 18.4 Å². The number of hydrogen-bond donors (Lipinski definition) is 0. The summed E-state index contributed by atoms with van der Waals surface area (Å²) in [6, 6.07) is 7.59. The summed E-state index contributed by atoms with van der Waals surface area (Å²) in [5, 5.41) is 8.28. The molecule has 0 bridgehead atoms. The minimum atomic E-state index is -3.64. The Bertz CT molecular complexity index is 1000. The Kier molecular flexibility index (Phi) is 5.90. The third-order valence-electron chi connectivity index (χ3n) is 5.65. The van der Waals surface area contributed by atoms with Crippen molar-refractivity contribution in [3.05, 3.63) is 47.3 Å². The van der Waals surface area contributed by atoms with Crippen molar-refractivity contribution in [2.45, 2.75) is 44.9 Å². The zero-order chi connectivity index (χ0) is 21.3. The molecule has 2 fully saturated rings. The zero-order valence-electron chi connectivity index (χ0n) is 17.3. The van der Waals surface area contributed by atoms with Gasteiger partial charge in [0.15, 0.2) is 0 Å². The quantitative estimate of drug-likeness (QED) is 0.621. The summed E-state index contributed by atoms with van der Waals surface area (Å²) in [7, 11) is -2.35. The summed E-state index contributed by atoms with van der Waals surface area (Å²) < 4.78 is 33.8. The highest BCUT2D eigenvalue weighted by atomic mass is 32.2. The molecule has 1 aliphatic heterocycles. The van der Waals surface area contributed by atoms with Crippen LogP contribution in [-0.2, 0) is 32.6 Å². The molecule has 1 aliphatic carbocycles. The minimum Gasteiger partial charge on any atom is -0.468 e. The molecular weight excluding hydrogens is 406 g/mol. The van der Waals surface area contributed by atoms with Crippen molar-refractivity contribution in [1.82, 2.24) is 24.2 Å². The average Bonchev–Trinajstić information content (AvgIpc) is 3.49. The molecule has 2 aliphatic rings. The maximum Gasteiger partial charge on any atom is 0.325 e. The summed E-state index contributed by atoms with van der Waals surface area (Å²) in [6.45, 7) is 3.33. The molecule has 2 aromatic rings. The molecule has 1 aromatic heterocycles. The van der Waals surface area contributed by atoms with E-state index in [9.17, 15) is 13.2 Å². The summed E-state index contributed by atoms with van der Waals surface area (Å²) in [5.74, 6) is -0.563. The van der Waals surface area contributed by atoms with Gasteiger partial charge in [0.2, 0.25) is 10.0 Å². The van der Waals surface area contributed by atoms with Gasteiger partial charge in [0.05, 0.1) is 37.8 Å². The van der Waals surface area contributed by atoms with Crippen molar-refractivity contribution in [2.24, 2.45) is 0 Å². The van der Waals surface area contributed by atoms with E-state index in [1.165, 1.54) is 17.0 Å². The van der Waals surface area contributed by atoms with E-state index in [-0.39, 0.29) is 12.3 Å². The molecule has 30 heavy (non-hydrogen) atoms. The summed E-state index contributed by atoms with van der Waals surface area (Å²) in [6.07, 6.45) is 3.82. The Hall–Kier alpha value is -2.30. The number of methoxy groups -OCH3 is 1. The summed E-state index contributed by atoms with van der Waals surface area (Å²) in [5.41, 5.74) is 2.75. The van der Waals surface area contributed by atoms with Crippen LogP contribution in [0.25, 0.3) is 0 Å². The van der Waals surface area contributed by atoms with Gasteiger partial charge in [0.1, 0.15) is 6.04 Å². The first kappa shape index (κ1) is 21.0. The van der Waals surface area contributed by atoms with Gasteiger partial charge in [-0.05, 0) is 25.3 Å². The monoisotopic (exact) mass is 433 g/mol. The van der Waals surface area contributed by atoms with Crippen LogP contribution in [0.1, 0.15) is 29.7 Å². The topological polar surface area (TPSA) is 97.6 Å². The van der Waals surface area contributed by atoms with Gasteiger partial charge in [-0.3, -0.25) is 9.69 Å². The van der Waals surface area contributed by atoms with Crippen LogP contribution in [0.15, 0.2) is 30.5 Å². The van der Waals surface area contributed by atoms with Gasteiger partial charge < -0.3 is 4.74 Å². The fourth-order valence-electron chi connectivity index (χ4n) is 3.78. The van der Waals surface area contributed by atoms with Crippen molar-refractivity contribution in [3.8, 4) is 0 Å². The highest BCUT2D eigenvalue weighted by molar-refractivity contribution is 7.89. The number of carbonyl (C=O) groups excluding carboxylic acids is 1. The van der Waals surface area contributed by atoms with Crippen LogP contribution in [0.3, 0.4) is 0 Å². The van der Waals surface area contributed by atoms with Gasteiger partial charge in [-0.2, -0.15) is 4.31 Å². The SMILES string of the molecule is COC(=O)C1CN(C2CC2)CCS(=O)(=O)N1Cc1cn(Cc2ccc(C)cc2)nn1. The molecular formula is C20H27N5O4S. The number of sulfonamides is 1. The Morgan fingerprint density at radius 1 is 1.20 bits per heavy atom. The second-order valence-corrected chi connectivity index (χ2v) is 10.1.